The molecule has 0 radical (unpaired) electrons. The highest BCUT2D eigenvalue weighted by Crippen LogP contribution is 2.35. The Hall–Kier alpha value is -1.82. The number of benzene rings is 1. The molecule has 0 aromatic heterocycles. The number of carbonyl (C=O) groups excluding carboxylic acids is 1. The second-order valence-electron chi connectivity index (χ2n) is 5.34. The highest BCUT2D eigenvalue weighted by Gasteiger charge is 2.38. The number of β-amino-alcohol motifs (C(OH)–C–C–N with tert-alkyl or cyclic N) is 1. The minimum atomic E-state index is -0.939. The summed E-state index contributed by atoms with van der Waals surface area (Å²) in [7, 11) is 0. The Labute approximate surface area is 120 Å². The lowest BCUT2D eigenvalue weighted by Gasteiger charge is -2.24. The van der Waals surface area contributed by atoms with Gasteiger partial charge in [0, 0.05) is 12.1 Å². The zero-order chi connectivity index (χ0) is 15.7. The average molecular weight is 299 g/mol. The summed E-state index contributed by atoms with van der Waals surface area (Å²) in [5, 5.41) is 9.71. The van der Waals surface area contributed by atoms with Crippen LogP contribution in [0.3, 0.4) is 0 Å². The van der Waals surface area contributed by atoms with Gasteiger partial charge in [-0.25, -0.2) is 13.2 Å². The molecule has 1 heterocycles. The van der Waals surface area contributed by atoms with Crippen LogP contribution in [-0.4, -0.2) is 28.6 Å². The number of hydrogen-bond donors (Lipinski definition) is 1. The molecule has 0 aliphatic carbocycles. The zero-order valence-corrected chi connectivity index (χ0v) is 11.7. The molecule has 1 aliphatic rings. The molecule has 3 nitrogen and oxygen atoms in total. The molecule has 1 aromatic rings. The van der Waals surface area contributed by atoms with Crippen molar-refractivity contribution >= 4 is 5.91 Å². The van der Waals surface area contributed by atoms with Crippen molar-refractivity contribution in [2.45, 2.75) is 32.4 Å². The summed E-state index contributed by atoms with van der Waals surface area (Å²) in [5.74, 6) is -3.19. The third-order valence-corrected chi connectivity index (χ3v) is 3.48. The number of nitrogens with zero attached hydrogens (tertiary/aromatic N) is 1. The number of rotatable bonds is 2. The van der Waals surface area contributed by atoms with Gasteiger partial charge in [0.05, 0.1) is 12.1 Å². The number of amides is 1. The van der Waals surface area contributed by atoms with Crippen molar-refractivity contribution in [1.29, 1.82) is 0 Å². The molecule has 21 heavy (non-hydrogen) atoms. The first-order chi connectivity index (χ1) is 9.81. The van der Waals surface area contributed by atoms with E-state index in [1.807, 2.05) is 0 Å². The number of carbonyl (C=O) groups is 1. The summed E-state index contributed by atoms with van der Waals surface area (Å²) in [6.07, 6.45) is -0.853. The Kier molecular flexibility index (Phi) is 4.37. The maximum absolute atomic E-state index is 13.9. The molecule has 6 heteroatoms. The largest absolute Gasteiger partial charge is 0.391 e. The molecule has 1 aliphatic heterocycles. The number of aliphatic hydroxyl groups is 1. The number of aliphatic hydroxyl groups excluding tert-OH is 1. The van der Waals surface area contributed by atoms with Crippen LogP contribution in [0.4, 0.5) is 13.2 Å². The maximum Gasteiger partial charge on any atom is 0.283 e. The van der Waals surface area contributed by atoms with Crippen LogP contribution in [0.2, 0.25) is 0 Å². The second kappa shape index (κ2) is 5.89. The SMILES string of the molecule is CC(C)=C(F)C(=O)N1CC(O)CC1c1cc(F)ccc1F. The average Bonchev–Trinajstić information content (AvgIpc) is 2.81. The molecular weight excluding hydrogens is 283 g/mol. The Morgan fingerprint density at radius 1 is 1.33 bits per heavy atom. The quantitative estimate of drug-likeness (QED) is 0.853. The number of hydrogen-bond acceptors (Lipinski definition) is 2. The van der Waals surface area contributed by atoms with E-state index in [1.165, 1.54) is 13.8 Å². The number of halogens is 3. The number of likely N-dealkylation sites (tertiary alicyclic amines) is 1. The molecule has 1 aromatic carbocycles. The smallest absolute Gasteiger partial charge is 0.283 e. The van der Waals surface area contributed by atoms with E-state index in [0.29, 0.717) is 0 Å². The Bertz CT molecular complexity index is 597. The summed E-state index contributed by atoms with van der Waals surface area (Å²) in [6.45, 7) is 2.77. The highest BCUT2D eigenvalue weighted by molar-refractivity contribution is 5.92. The topological polar surface area (TPSA) is 40.5 Å². The summed E-state index contributed by atoms with van der Waals surface area (Å²) in [5.41, 5.74) is 0.140. The first-order valence-electron chi connectivity index (χ1n) is 6.58. The van der Waals surface area contributed by atoms with Gasteiger partial charge in [0.25, 0.3) is 5.91 Å². The molecule has 2 atom stereocenters. The lowest BCUT2D eigenvalue weighted by molar-refractivity contribution is -0.130. The lowest BCUT2D eigenvalue weighted by atomic mass is 10.0. The van der Waals surface area contributed by atoms with Crippen LogP contribution in [0.25, 0.3) is 0 Å². The van der Waals surface area contributed by atoms with Crippen molar-refractivity contribution in [3.05, 3.63) is 46.8 Å². The van der Waals surface area contributed by atoms with Crippen LogP contribution in [0.1, 0.15) is 31.9 Å². The van der Waals surface area contributed by atoms with Gasteiger partial charge in [-0.05, 0) is 44.0 Å². The van der Waals surface area contributed by atoms with Crippen LogP contribution in [0.15, 0.2) is 29.6 Å². The molecule has 0 spiro atoms. The van der Waals surface area contributed by atoms with Gasteiger partial charge in [0.15, 0.2) is 5.83 Å². The fraction of sp³-hybridized carbons (Fsp3) is 0.400. The highest BCUT2D eigenvalue weighted by atomic mass is 19.1. The van der Waals surface area contributed by atoms with E-state index in [0.717, 1.165) is 23.1 Å². The monoisotopic (exact) mass is 299 g/mol. The summed E-state index contributed by atoms with van der Waals surface area (Å²) in [4.78, 5) is 13.1. The maximum atomic E-state index is 13.9. The van der Waals surface area contributed by atoms with Crippen molar-refractivity contribution in [2.24, 2.45) is 0 Å². The van der Waals surface area contributed by atoms with Gasteiger partial charge in [-0.3, -0.25) is 4.79 Å². The minimum Gasteiger partial charge on any atom is -0.391 e. The van der Waals surface area contributed by atoms with Crippen LogP contribution >= 0.6 is 0 Å². The lowest BCUT2D eigenvalue weighted by Crippen LogP contribution is -2.32. The zero-order valence-electron chi connectivity index (χ0n) is 11.7. The molecule has 2 unspecified atom stereocenters. The third-order valence-electron chi connectivity index (χ3n) is 3.48. The van der Waals surface area contributed by atoms with Crippen LogP contribution < -0.4 is 0 Å². The summed E-state index contributed by atoms with van der Waals surface area (Å²) < 4.78 is 41.0. The normalized spacial score (nSPS) is 21.5. The Morgan fingerprint density at radius 2 is 2.00 bits per heavy atom. The Morgan fingerprint density at radius 3 is 2.62 bits per heavy atom. The van der Waals surface area contributed by atoms with E-state index < -0.39 is 35.5 Å². The van der Waals surface area contributed by atoms with Gasteiger partial charge in [0.1, 0.15) is 11.6 Å². The van der Waals surface area contributed by atoms with Gasteiger partial charge < -0.3 is 10.0 Å². The van der Waals surface area contributed by atoms with Crippen LogP contribution in [0.5, 0.6) is 0 Å². The predicted molar refractivity (Wildman–Crippen MR) is 70.9 cm³/mol. The van der Waals surface area contributed by atoms with Crippen LogP contribution in [-0.2, 0) is 4.79 Å². The van der Waals surface area contributed by atoms with Gasteiger partial charge >= 0.3 is 0 Å². The van der Waals surface area contributed by atoms with Gasteiger partial charge in [0.2, 0.25) is 0 Å². The van der Waals surface area contributed by atoms with Crippen LogP contribution in [0, 0.1) is 11.6 Å². The first kappa shape index (κ1) is 15.6. The van der Waals surface area contributed by atoms with Gasteiger partial charge in [-0.1, -0.05) is 0 Å². The minimum absolute atomic E-state index is 0.0438. The molecule has 1 fully saturated rings. The van der Waals surface area contributed by atoms with Gasteiger partial charge in [-0.2, -0.15) is 0 Å². The number of allylic oxidation sites excluding steroid dienone is 1. The molecule has 1 saturated heterocycles. The molecular formula is C15H16F3NO2. The molecule has 0 bridgehead atoms. The third kappa shape index (κ3) is 3.10. The van der Waals surface area contributed by atoms with E-state index >= 15 is 0 Å². The predicted octanol–water partition coefficient (Wildman–Crippen LogP) is 2.86. The molecule has 0 saturated carbocycles. The molecule has 1 N–H and O–H groups in total. The standard InChI is InChI=1S/C15H16F3NO2/c1-8(2)14(18)15(21)19-7-10(20)6-13(19)11-5-9(16)3-4-12(11)17/h3-5,10,13,20H,6-7H2,1-2H3. The van der Waals surface area contributed by atoms with E-state index in [-0.39, 0.29) is 24.1 Å². The first-order valence-corrected chi connectivity index (χ1v) is 6.58. The molecule has 1 amide bonds. The van der Waals surface area contributed by atoms with E-state index in [1.54, 1.807) is 0 Å². The second-order valence-corrected chi connectivity index (χ2v) is 5.34. The van der Waals surface area contributed by atoms with Crippen molar-refractivity contribution in [2.75, 3.05) is 6.54 Å². The fourth-order valence-electron chi connectivity index (χ4n) is 2.44. The Balaban J connectivity index is 2.39. The van der Waals surface area contributed by atoms with Crippen molar-refractivity contribution in [3.63, 3.8) is 0 Å². The fourth-order valence-corrected chi connectivity index (χ4v) is 2.44. The van der Waals surface area contributed by atoms with Gasteiger partial charge in [-0.15, -0.1) is 0 Å². The van der Waals surface area contributed by atoms with E-state index in [4.69, 9.17) is 0 Å². The van der Waals surface area contributed by atoms with Crippen molar-refractivity contribution in [1.82, 2.24) is 4.90 Å². The molecule has 114 valence electrons. The van der Waals surface area contributed by atoms with Crippen molar-refractivity contribution < 1.29 is 23.1 Å². The summed E-state index contributed by atoms with van der Waals surface area (Å²) >= 11 is 0. The molecule has 2 rings (SSSR count). The van der Waals surface area contributed by atoms with E-state index in [9.17, 15) is 23.1 Å². The van der Waals surface area contributed by atoms with E-state index in [2.05, 4.69) is 0 Å². The summed E-state index contributed by atoms with van der Waals surface area (Å²) in [6, 6.07) is 2.01. The van der Waals surface area contributed by atoms with Crippen molar-refractivity contribution in [3.8, 4) is 0 Å².